The Hall–Kier alpha value is -2.12. The molecule has 0 N–H and O–H groups in total. The highest BCUT2D eigenvalue weighted by Gasteiger charge is 2.43. The molecule has 4 rings (SSSR count). The highest BCUT2D eigenvalue weighted by molar-refractivity contribution is 5.85. The van der Waals surface area contributed by atoms with Crippen molar-refractivity contribution in [2.24, 2.45) is 11.8 Å². The number of carbonyl (C=O) groups is 1. The minimum Gasteiger partial charge on any atom is -0.496 e. The molecule has 2 fully saturated rings. The van der Waals surface area contributed by atoms with Crippen LogP contribution in [0.25, 0.3) is 0 Å². The molecule has 7 nitrogen and oxygen atoms in total. The molecular weight excluding hydrogens is 344 g/mol. The maximum Gasteiger partial charge on any atom is 0.310 e. The van der Waals surface area contributed by atoms with E-state index in [1.54, 1.807) is 18.1 Å². The van der Waals surface area contributed by atoms with Crippen molar-refractivity contribution in [1.82, 2.24) is 19.7 Å². The van der Waals surface area contributed by atoms with Gasteiger partial charge in [-0.2, -0.15) is 5.10 Å². The average molecular weight is 365 g/mol. The summed E-state index contributed by atoms with van der Waals surface area (Å²) in [4.78, 5) is 18.0. The van der Waals surface area contributed by atoms with Gasteiger partial charge >= 0.3 is 5.97 Å². The maximum absolute atomic E-state index is 11.7. The van der Waals surface area contributed by atoms with Gasteiger partial charge in [0, 0.05) is 31.1 Å². The molecule has 0 unspecified atom stereocenters. The molecule has 2 aromatic rings. The number of ether oxygens (including phenoxy) is 2. The minimum atomic E-state index is -0.0379. The number of nitrogens with zero attached hydrogens (tertiary/aromatic N) is 4. The van der Waals surface area contributed by atoms with Crippen molar-refractivity contribution in [3.05, 3.63) is 42.0 Å². The summed E-state index contributed by atoms with van der Waals surface area (Å²) in [5.74, 6) is 1.21. The number of hydrogen-bond donors (Lipinski definition) is 0. The van der Waals surface area contributed by atoms with E-state index >= 15 is 0 Å². The van der Waals surface area contributed by atoms with Gasteiger partial charge in [-0.1, -0.05) is 6.07 Å². The normalized spacial score (nSPS) is 22.4. The first-order valence-electron chi connectivity index (χ1n) is 8.10. The number of likely N-dealkylation sites (tertiary alicyclic amines) is 1. The van der Waals surface area contributed by atoms with Gasteiger partial charge in [0.05, 0.1) is 26.2 Å². The van der Waals surface area contributed by atoms with Crippen molar-refractivity contribution in [2.45, 2.75) is 13.1 Å². The summed E-state index contributed by atoms with van der Waals surface area (Å²) in [5.41, 5.74) is 2.28. The molecule has 1 aromatic carbocycles. The third-order valence-electron chi connectivity index (χ3n) is 4.81. The molecular formula is C17H21ClN4O3. The third-order valence-corrected chi connectivity index (χ3v) is 4.81. The van der Waals surface area contributed by atoms with Gasteiger partial charge in [-0.05, 0) is 17.7 Å². The van der Waals surface area contributed by atoms with Gasteiger partial charge in [-0.15, -0.1) is 12.4 Å². The molecule has 25 heavy (non-hydrogen) atoms. The number of rotatable bonds is 5. The van der Waals surface area contributed by atoms with Crippen LogP contribution in [0.2, 0.25) is 0 Å². The van der Waals surface area contributed by atoms with Crippen LogP contribution < -0.4 is 4.74 Å². The first-order chi connectivity index (χ1) is 11.7. The molecule has 0 bridgehead atoms. The Morgan fingerprint density at radius 1 is 1.32 bits per heavy atom. The van der Waals surface area contributed by atoms with Crippen molar-refractivity contribution < 1.29 is 14.3 Å². The van der Waals surface area contributed by atoms with Crippen LogP contribution in [0, 0.1) is 11.8 Å². The number of carbonyl (C=O) groups excluding carboxylic acids is 1. The Morgan fingerprint density at radius 3 is 2.92 bits per heavy atom. The van der Waals surface area contributed by atoms with Crippen LogP contribution in [0.15, 0.2) is 30.9 Å². The number of aromatic nitrogens is 3. The van der Waals surface area contributed by atoms with Crippen LogP contribution in [0.4, 0.5) is 0 Å². The second-order valence-electron chi connectivity index (χ2n) is 6.43. The van der Waals surface area contributed by atoms with Crippen LogP contribution in [0.3, 0.4) is 0 Å². The van der Waals surface area contributed by atoms with E-state index in [0.717, 1.165) is 30.9 Å². The fourth-order valence-electron chi connectivity index (χ4n) is 3.62. The van der Waals surface area contributed by atoms with E-state index in [-0.39, 0.29) is 24.3 Å². The standard InChI is InChI=1S/C17H20N4O3.ClH/c1-23-16-3-2-12(4-13(16)7-21-11-18-10-19-21)5-20-6-14-9-24-17(22)15(14)8-20;/h2-4,10-11,14-15H,5-9H2,1H3;1H/t14-,15-;/m1./s1. The average Bonchev–Trinajstić information content (AvgIpc) is 3.28. The van der Waals surface area contributed by atoms with E-state index in [1.165, 1.54) is 11.9 Å². The zero-order valence-electron chi connectivity index (χ0n) is 14.0. The number of cyclic esters (lactones) is 1. The van der Waals surface area contributed by atoms with Gasteiger partial charge in [0.2, 0.25) is 0 Å². The summed E-state index contributed by atoms with van der Waals surface area (Å²) in [7, 11) is 1.67. The second kappa shape index (κ2) is 7.41. The van der Waals surface area contributed by atoms with Crippen LogP contribution in [-0.2, 0) is 22.6 Å². The van der Waals surface area contributed by atoms with Crippen LogP contribution >= 0.6 is 12.4 Å². The Kier molecular flexibility index (Phi) is 5.24. The molecule has 1 aromatic heterocycles. The van der Waals surface area contributed by atoms with Crippen molar-refractivity contribution >= 4 is 18.4 Å². The van der Waals surface area contributed by atoms with Gasteiger partial charge in [0.1, 0.15) is 18.4 Å². The molecule has 0 saturated carbocycles. The van der Waals surface area contributed by atoms with Crippen molar-refractivity contribution in [2.75, 3.05) is 26.8 Å². The number of halogens is 1. The lowest BCUT2D eigenvalue weighted by atomic mass is 10.0. The summed E-state index contributed by atoms with van der Waals surface area (Å²) in [6, 6.07) is 6.22. The lowest BCUT2D eigenvalue weighted by molar-refractivity contribution is -0.141. The predicted octanol–water partition coefficient (Wildman–Crippen LogP) is 1.36. The second-order valence-corrected chi connectivity index (χ2v) is 6.43. The summed E-state index contributed by atoms with van der Waals surface area (Å²) >= 11 is 0. The van der Waals surface area contributed by atoms with Gasteiger partial charge in [-0.3, -0.25) is 9.69 Å². The lowest BCUT2D eigenvalue weighted by Gasteiger charge is -2.18. The quantitative estimate of drug-likeness (QED) is 0.746. The number of methoxy groups -OCH3 is 1. The fourth-order valence-corrected chi connectivity index (χ4v) is 3.62. The Morgan fingerprint density at radius 2 is 2.20 bits per heavy atom. The first-order valence-corrected chi connectivity index (χ1v) is 8.10. The van der Waals surface area contributed by atoms with E-state index in [4.69, 9.17) is 9.47 Å². The summed E-state index contributed by atoms with van der Waals surface area (Å²) in [6.07, 6.45) is 3.22. The van der Waals surface area contributed by atoms with E-state index in [2.05, 4.69) is 27.1 Å². The van der Waals surface area contributed by atoms with Crippen LogP contribution in [0.5, 0.6) is 5.75 Å². The SMILES string of the molecule is COc1ccc(CN2C[C@@H]3COC(=O)[C@@H]3C2)cc1Cn1cncn1.Cl. The zero-order chi connectivity index (χ0) is 16.5. The van der Waals surface area contributed by atoms with Crippen LogP contribution in [-0.4, -0.2) is 52.4 Å². The maximum atomic E-state index is 11.7. The van der Waals surface area contributed by atoms with Crippen molar-refractivity contribution in [1.29, 1.82) is 0 Å². The molecule has 3 heterocycles. The fraction of sp³-hybridized carbons (Fsp3) is 0.471. The monoisotopic (exact) mass is 364 g/mol. The largest absolute Gasteiger partial charge is 0.496 e. The minimum absolute atomic E-state index is 0. The van der Waals surface area contributed by atoms with E-state index in [1.807, 2.05) is 6.07 Å². The smallest absolute Gasteiger partial charge is 0.310 e. The topological polar surface area (TPSA) is 69.5 Å². The molecule has 2 saturated heterocycles. The highest BCUT2D eigenvalue weighted by atomic mass is 35.5. The highest BCUT2D eigenvalue weighted by Crippen LogP contribution is 2.31. The molecule has 2 atom stereocenters. The molecule has 0 spiro atoms. The molecule has 2 aliphatic rings. The van der Waals surface area contributed by atoms with Gasteiger partial charge in [-0.25, -0.2) is 9.67 Å². The Balaban J connectivity index is 0.00000182. The third kappa shape index (κ3) is 3.62. The number of hydrogen-bond acceptors (Lipinski definition) is 6. The first kappa shape index (κ1) is 17.7. The molecule has 0 radical (unpaired) electrons. The van der Waals surface area contributed by atoms with Gasteiger partial charge in [0.15, 0.2) is 0 Å². The Bertz CT molecular complexity index is 737. The number of benzene rings is 1. The summed E-state index contributed by atoms with van der Waals surface area (Å²) < 4.78 is 12.4. The van der Waals surface area contributed by atoms with Crippen LogP contribution in [0.1, 0.15) is 11.1 Å². The van der Waals surface area contributed by atoms with Gasteiger partial charge in [0.25, 0.3) is 0 Å². The summed E-state index contributed by atoms with van der Waals surface area (Å²) in [5, 5.41) is 4.15. The van der Waals surface area contributed by atoms with Gasteiger partial charge < -0.3 is 9.47 Å². The molecule has 2 aliphatic heterocycles. The number of esters is 1. The zero-order valence-corrected chi connectivity index (χ0v) is 14.8. The molecule has 8 heteroatoms. The Labute approximate surface area is 152 Å². The summed E-state index contributed by atoms with van der Waals surface area (Å²) in [6.45, 7) is 3.72. The van der Waals surface area contributed by atoms with Crippen molar-refractivity contribution in [3.8, 4) is 5.75 Å². The molecule has 134 valence electrons. The number of fused-ring (bicyclic) bond motifs is 1. The molecule has 0 amide bonds. The lowest BCUT2D eigenvalue weighted by Crippen LogP contribution is -2.23. The van der Waals surface area contributed by atoms with E-state index < -0.39 is 0 Å². The van der Waals surface area contributed by atoms with E-state index in [0.29, 0.717) is 19.1 Å². The van der Waals surface area contributed by atoms with Crippen molar-refractivity contribution in [3.63, 3.8) is 0 Å². The predicted molar refractivity (Wildman–Crippen MR) is 92.6 cm³/mol. The molecule has 0 aliphatic carbocycles. The van der Waals surface area contributed by atoms with E-state index in [9.17, 15) is 4.79 Å².